The Labute approximate surface area is 237 Å². The van der Waals surface area contributed by atoms with E-state index < -0.39 is 18.2 Å². The lowest BCUT2D eigenvalue weighted by Gasteiger charge is -2.37. The summed E-state index contributed by atoms with van der Waals surface area (Å²) in [6.07, 6.45) is 2.29. The molecule has 0 saturated carbocycles. The number of ether oxygens (including phenoxy) is 1. The first kappa shape index (κ1) is 28.4. The number of benzene rings is 2. The van der Waals surface area contributed by atoms with Crippen molar-refractivity contribution in [3.8, 4) is 0 Å². The summed E-state index contributed by atoms with van der Waals surface area (Å²) in [4.78, 5) is 45.1. The van der Waals surface area contributed by atoms with Crippen molar-refractivity contribution in [2.75, 3.05) is 13.2 Å². The normalized spacial score (nSPS) is 17.4. The number of piperidine rings is 1. The highest BCUT2D eigenvalue weighted by Gasteiger charge is 2.35. The molecule has 2 heterocycles. The first-order valence-electron chi connectivity index (χ1n) is 12.1. The Hall–Kier alpha value is -2.66. The number of hydrogen-bond acceptors (Lipinski definition) is 7. The van der Waals surface area contributed by atoms with E-state index in [2.05, 4.69) is 27.5 Å². The predicted octanol–water partition coefficient (Wildman–Crippen LogP) is 5.21. The first-order chi connectivity index (χ1) is 18.3. The maximum absolute atomic E-state index is 13.3. The van der Waals surface area contributed by atoms with Gasteiger partial charge in [-0.05, 0) is 42.7 Å². The summed E-state index contributed by atoms with van der Waals surface area (Å²) in [5, 5.41) is 11.4. The topological polar surface area (TPSA) is 102 Å². The number of amides is 1. The molecular formula is C27H27BrClN3O5S. The van der Waals surface area contributed by atoms with Crippen LogP contribution < -0.4 is 5.56 Å². The second-order valence-corrected chi connectivity index (χ2v) is 11.3. The molecule has 0 radical (unpaired) electrons. The molecule has 0 spiro atoms. The van der Waals surface area contributed by atoms with Gasteiger partial charge < -0.3 is 14.7 Å². The minimum Gasteiger partial charge on any atom is -0.445 e. The van der Waals surface area contributed by atoms with Crippen molar-refractivity contribution in [1.82, 2.24) is 14.5 Å². The fourth-order valence-electron chi connectivity index (χ4n) is 4.34. The maximum atomic E-state index is 13.3. The van der Waals surface area contributed by atoms with Crippen molar-refractivity contribution in [2.24, 2.45) is 0 Å². The molecule has 1 aromatic heterocycles. The number of likely N-dealkylation sites (tertiary alicyclic amines) is 1. The number of Topliss-reactive ketones (excluding diaryl/α,β-unsaturated/α-hetero) is 1. The predicted molar refractivity (Wildman–Crippen MR) is 152 cm³/mol. The third kappa shape index (κ3) is 6.85. The zero-order chi connectivity index (χ0) is 27.2. The molecule has 3 aromatic rings. The molecule has 0 bridgehead atoms. The van der Waals surface area contributed by atoms with Crippen LogP contribution in [0.2, 0.25) is 5.02 Å². The zero-order valence-corrected chi connectivity index (χ0v) is 23.7. The molecule has 8 nitrogen and oxygen atoms in total. The van der Waals surface area contributed by atoms with Gasteiger partial charge in [0.1, 0.15) is 6.61 Å². The molecule has 4 rings (SSSR count). The number of ketones is 1. The smallest absolute Gasteiger partial charge is 0.410 e. The van der Waals surface area contributed by atoms with Gasteiger partial charge in [-0.3, -0.25) is 14.2 Å². The lowest BCUT2D eigenvalue weighted by atomic mass is 9.95. The van der Waals surface area contributed by atoms with Crippen molar-refractivity contribution >= 4 is 62.1 Å². The first-order valence-corrected chi connectivity index (χ1v) is 14.2. The van der Waals surface area contributed by atoms with E-state index >= 15 is 0 Å². The number of aliphatic hydroxyl groups is 1. The van der Waals surface area contributed by atoms with E-state index in [1.807, 2.05) is 24.3 Å². The summed E-state index contributed by atoms with van der Waals surface area (Å²) >= 11 is 11.4. The molecule has 0 aliphatic carbocycles. The highest BCUT2D eigenvalue weighted by molar-refractivity contribution is 9.10. The molecule has 1 aliphatic heterocycles. The summed E-state index contributed by atoms with van der Waals surface area (Å²) in [6, 6.07) is 10.6. The fraction of sp³-hybridized carbons (Fsp3) is 0.333. The van der Waals surface area contributed by atoms with Gasteiger partial charge in [-0.1, -0.05) is 52.3 Å². The van der Waals surface area contributed by atoms with Gasteiger partial charge in [0.15, 0.2) is 5.78 Å². The Morgan fingerprint density at radius 3 is 2.79 bits per heavy atom. The van der Waals surface area contributed by atoms with Crippen LogP contribution in [0.1, 0.15) is 24.8 Å². The number of aromatic nitrogens is 2. The van der Waals surface area contributed by atoms with E-state index in [4.69, 9.17) is 16.3 Å². The Balaban J connectivity index is 1.49. The van der Waals surface area contributed by atoms with E-state index in [0.29, 0.717) is 41.1 Å². The van der Waals surface area contributed by atoms with E-state index in [-0.39, 0.29) is 30.9 Å². The van der Waals surface area contributed by atoms with Gasteiger partial charge >= 0.3 is 6.09 Å². The van der Waals surface area contributed by atoms with E-state index in [1.165, 1.54) is 33.6 Å². The Morgan fingerprint density at radius 1 is 1.29 bits per heavy atom. The third-order valence-electron chi connectivity index (χ3n) is 6.27. The number of carbonyl (C=O) groups is 2. The van der Waals surface area contributed by atoms with Crippen molar-refractivity contribution in [3.05, 3.63) is 80.8 Å². The van der Waals surface area contributed by atoms with Crippen LogP contribution in [0.15, 0.2) is 69.5 Å². The summed E-state index contributed by atoms with van der Waals surface area (Å²) < 4.78 is 7.36. The third-order valence-corrected chi connectivity index (χ3v) is 8.35. The standard InChI is InChI=1S/C27H27BrClN3O5S/c1-2-10-37-27(36)32-9-3-4-24(34)23(32)11-19(33)14-31-16-30-22-13-21(29)25(12-20(22)26(31)35)38-15-17-5-7-18(28)8-6-17/h2,5-8,12-13,16,23-24,34H,1,3-4,9-11,14-15H2. The van der Waals surface area contributed by atoms with E-state index in [1.54, 1.807) is 12.1 Å². The van der Waals surface area contributed by atoms with E-state index in [9.17, 15) is 19.5 Å². The van der Waals surface area contributed by atoms with Crippen LogP contribution in [-0.4, -0.2) is 56.7 Å². The Bertz CT molecular complexity index is 1400. The number of carbonyl (C=O) groups excluding carboxylic acids is 2. The number of halogens is 2. The van der Waals surface area contributed by atoms with Gasteiger partial charge in [0, 0.05) is 28.1 Å². The SMILES string of the molecule is C=CCOC(=O)N1CCCC(O)C1CC(=O)Cn1cnc2cc(Cl)c(SCc3ccc(Br)cc3)cc2c1=O. The van der Waals surface area contributed by atoms with Crippen LogP contribution >= 0.6 is 39.3 Å². The zero-order valence-electron chi connectivity index (χ0n) is 20.5. The Morgan fingerprint density at radius 2 is 2.05 bits per heavy atom. The quantitative estimate of drug-likeness (QED) is 0.259. The second kappa shape index (κ2) is 12.9. The molecule has 38 heavy (non-hydrogen) atoms. The van der Waals surface area contributed by atoms with Gasteiger partial charge in [0.25, 0.3) is 5.56 Å². The molecule has 11 heteroatoms. The number of nitrogens with zero attached hydrogens (tertiary/aromatic N) is 3. The van der Waals surface area contributed by atoms with Crippen molar-refractivity contribution in [3.63, 3.8) is 0 Å². The molecule has 1 aliphatic rings. The average molecular weight is 621 g/mol. The molecule has 200 valence electrons. The monoisotopic (exact) mass is 619 g/mol. The van der Waals surface area contributed by atoms with Crippen LogP contribution in [0.25, 0.3) is 10.9 Å². The Kier molecular flexibility index (Phi) is 9.64. The summed E-state index contributed by atoms with van der Waals surface area (Å²) in [5.74, 6) is 0.362. The fourth-order valence-corrected chi connectivity index (χ4v) is 5.83. The largest absolute Gasteiger partial charge is 0.445 e. The number of hydrogen-bond donors (Lipinski definition) is 1. The van der Waals surface area contributed by atoms with E-state index in [0.717, 1.165) is 14.9 Å². The molecular weight excluding hydrogens is 594 g/mol. The number of rotatable bonds is 9. The number of fused-ring (bicyclic) bond motifs is 1. The van der Waals surface area contributed by atoms with Crippen LogP contribution in [0.4, 0.5) is 4.79 Å². The van der Waals surface area contributed by atoms with Gasteiger partial charge in [0.05, 0.1) is 40.9 Å². The summed E-state index contributed by atoms with van der Waals surface area (Å²) in [7, 11) is 0. The van der Waals surface area contributed by atoms with Gasteiger partial charge in [-0.25, -0.2) is 9.78 Å². The lowest BCUT2D eigenvalue weighted by Crippen LogP contribution is -2.52. The number of aliphatic hydroxyl groups excluding tert-OH is 1. The van der Waals surface area contributed by atoms with Crippen LogP contribution in [0.3, 0.4) is 0 Å². The minimum atomic E-state index is -0.858. The molecule has 2 unspecified atom stereocenters. The highest BCUT2D eigenvalue weighted by atomic mass is 79.9. The highest BCUT2D eigenvalue weighted by Crippen LogP contribution is 2.32. The lowest BCUT2D eigenvalue weighted by molar-refractivity contribution is -0.122. The van der Waals surface area contributed by atoms with Crippen LogP contribution in [0.5, 0.6) is 0 Å². The molecule has 1 amide bonds. The molecule has 1 fully saturated rings. The molecule has 2 atom stereocenters. The molecule has 1 saturated heterocycles. The van der Waals surface area contributed by atoms with Gasteiger partial charge in [-0.2, -0.15) is 0 Å². The van der Waals surface area contributed by atoms with Crippen molar-refractivity contribution in [1.29, 1.82) is 0 Å². The molecule has 1 N–H and O–H groups in total. The molecule has 2 aromatic carbocycles. The van der Waals surface area contributed by atoms with Crippen molar-refractivity contribution in [2.45, 2.75) is 48.6 Å². The summed E-state index contributed by atoms with van der Waals surface area (Å²) in [5.41, 5.74) is 1.18. The summed E-state index contributed by atoms with van der Waals surface area (Å²) in [6.45, 7) is 3.71. The number of thioether (sulfide) groups is 1. The van der Waals surface area contributed by atoms with Gasteiger partial charge in [-0.15, -0.1) is 11.8 Å². The van der Waals surface area contributed by atoms with Crippen LogP contribution in [0, 0.1) is 0 Å². The second-order valence-electron chi connectivity index (χ2n) is 8.97. The average Bonchev–Trinajstić information content (AvgIpc) is 2.90. The minimum absolute atomic E-state index is 0.0394. The van der Waals surface area contributed by atoms with Crippen molar-refractivity contribution < 1.29 is 19.4 Å². The van der Waals surface area contributed by atoms with Crippen LogP contribution in [-0.2, 0) is 21.8 Å². The van der Waals surface area contributed by atoms with Gasteiger partial charge in [0.2, 0.25) is 0 Å². The maximum Gasteiger partial charge on any atom is 0.410 e.